The van der Waals surface area contributed by atoms with Gasteiger partial charge in [-0.1, -0.05) is 15.9 Å². The smallest absolute Gasteiger partial charge is 0.265 e. The van der Waals surface area contributed by atoms with Crippen LogP contribution >= 0.6 is 15.9 Å². The standard InChI is InChI=1S/C8H9BrF2N2O/c1-14-6-4(2-9)5(7(10)11)3-13-8(6)12/h3,7H,2H2,1H3,(H2,12,13). The second-order valence-electron chi connectivity index (χ2n) is 2.54. The molecule has 0 bridgehead atoms. The summed E-state index contributed by atoms with van der Waals surface area (Å²) in [6.45, 7) is 0. The van der Waals surface area contributed by atoms with Crippen LogP contribution < -0.4 is 10.5 Å². The zero-order chi connectivity index (χ0) is 10.7. The van der Waals surface area contributed by atoms with Crippen LogP contribution in [0.4, 0.5) is 14.6 Å². The Bertz CT molecular complexity index is 333. The van der Waals surface area contributed by atoms with Crippen molar-refractivity contribution in [1.82, 2.24) is 4.98 Å². The summed E-state index contributed by atoms with van der Waals surface area (Å²) in [6.07, 6.45) is -1.51. The van der Waals surface area contributed by atoms with E-state index in [0.29, 0.717) is 5.56 Å². The third-order valence-corrected chi connectivity index (χ3v) is 2.33. The lowest BCUT2D eigenvalue weighted by molar-refractivity contribution is 0.149. The Hall–Kier alpha value is -0.910. The molecule has 0 amide bonds. The van der Waals surface area contributed by atoms with E-state index in [1.165, 1.54) is 7.11 Å². The molecule has 0 saturated carbocycles. The van der Waals surface area contributed by atoms with Gasteiger partial charge in [0, 0.05) is 22.7 Å². The molecule has 78 valence electrons. The molecule has 0 aliphatic rings. The van der Waals surface area contributed by atoms with E-state index in [4.69, 9.17) is 10.5 Å². The number of hydrogen-bond donors (Lipinski definition) is 1. The number of nitrogens with zero attached hydrogens (tertiary/aromatic N) is 1. The van der Waals surface area contributed by atoms with Gasteiger partial charge in [-0.05, 0) is 0 Å². The number of halogens is 3. The third-order valence-electron chi connectivity index (χ3n) is 1.77. The van der Waals surface area contributed by atoms with Crippen LogP contribution in [0.5, 0.6) is 5.75 Å². The molecule has 6 heteroatoms. The highest BCUT2D eigenvalue weighted by molar-refractivity contribution is 9.08. The van der Waals surface area contributed by atoms with E-state index in [-0.39, 0.29) is 22.5 Å². The molecule has 1 rings (SSSR count). The van der Waals surface area contributed by atoms with Crippen LogP contribution in [0.1, 0.15) is 17.6 Å². The lowest BCUT2D eigenvalue weighted by Crippen LogP contribution is -2.03. The summed E-state index contributed by atoms with van der Waals surface area (Å²) in [5.41, 5.74) is 5.66. The van der Waals surface area contributed by atoms with Crippen molar-refractivity contribution in [2.75, 3.05) is 12.8 Å². The van der Waals surface area contributed by atoms with Crippen LogP contribution in [-0.2, 0) is 5.33 Å². The van der Waals surface area contributed by atoms with Crippen LogP contribution in [0.25, 0.3) is 0 Å². The van der Waals surface area contributed by atoms with Crippen molar-refractivity contribution >= 4 is 21.7 Å². The van der Waals surface area contributed by atoms with Gasteiger partial charge >= 0.3 is 0 Å². The zero-order valence-corrected chi connectivity index (χ0v) is 9.01. The van der Waals surface area contributed by atoms with E-state index < -0.39 is 6.43 Å². The number of hydrogen-bond acceptors (Lipinski definition) is 3. The molecule has 14 heavy (non-hydrogen) atoms. The van der Waals surface area contributed by atoms with Gasteiger partial charge < -0.3 is 10.5 Å². The van der Waals surface area contributed by atoms with E-state index in [1.807, 2.05) is 0 Å². The molecule has 1 heterocycles. The van der Waals surface area contributed by atoms with Gasteiger partial charge in [0.05, 0.1) is 7.11 Å². The lowest BCUT2D eigenvalue weighted by atomic mass is 10.1. The number of pyridine rings is 1. The maximum Gasteiger partial charge on any atom is 0.265 e. The van der Waals surface area contributed by atoms with Gasteiger partial charge in [-0.25, -0.2) is 13.8 Å². The third kappa shape index (κ3) is 1.95. The summed E-state index contributed by atoms with van der Waals surface area (Å²) in [5, 5.41) is 0.253. The normalized spacial score (nSPS) is 10.6. The fourth-order valence-corrected chi connectivity index (χ4v) is 1.69. The second-order valence-corrected chi connectivity index (χ2v) is 3.11. The number of nitrogen functional groups attached to an aromatic ring is 1. The Morgan fingerprint density at radius 1 is 1.64 bits per heavy atom. The predicted octanol–water partition coefficient (Wildman–Crippen LogP) is 2.50. The first-order valence-electron chi connectivity index (χ1n) is 3.77. The summed E-state index contributed by atoms with van der Waals surface area (Å²) in [6, 6.07) is 0. The molecule has 0 aromatic carbocycles. The summed E-state index contributed by atoms with van der Waals surface area (Å²) in [7, 11) is 1.37. The fraction of sp³-hybridized carbons (Fsp3) is 0.375. The number of alkyl halides is 3. The molecular weight excluding hydrogens is 258 g/mol. The minimum absolute atomic E-state index is 0.117. The van der Waals surface area contributed by atoms with Crippen LogP contribution in [0, 0.1) is 0 Å². The summed E-state index contributed by atoms with van der Waals surface area (Å²) >= 11 is 3.11. The van der Waals surface area contributed by atoms with Crippen molar-refractivity contribution in [1.29, 1.82) is 0 Å². The summed E-state index contributed by atoms with van der Waals surface area (Å²) in [4.78, 5) is 3.63. The van der Waals surface area contributed by atoms with Crippen molar-refractivity contribution in [3.8, 4) is 5.75 Å². The largest absolute Gasteiger partial charge is 0.493 e. The molecule has 0 spiro atoms. The molecule has 0 unspecified atom stereocenters. The molecule has 0 atom stereocenters. The Balaban J connectivity index is 3.33. The number of rotatable bonds is 3. The van der Waals surface area contributed by atoms with Crippen molar-refractivity contribution in [2.45, 2.75) is 11.8 Å². The molecule has 1 aromatic heterocycles. The van der Waals surface area contributed by atoms with Gasteiger partial charge in [0.25, 0.3) is 6.43 Å². The number of anilines is 1. The lowest BCUT2D eigenvalue weighted by Gasteiger charge is -2.12. The topological polar surface area (TPSA) is 48.1 Å². The van der Waals surface area contributed by atoms with Gasteiger partial charge in [-0.3, -0.25) is 0 Å². The highest BCUT2D eigenvalue weighted by Crippen LogP contribution is 2.33. The highest BCUT2D eigenvalue weighted by atomic mass is 79.9. The average Bonchev–Trinajstić information content (AvgIpc) is 2.16. The van der Waals surface area contributed by atoms with Crippen molar-refractivity contribution in [3.63, 3.8) is 0 Å². The molecule has 0 fully saturated rings. The van der Waals surface area contributed by atoms with Crippen LogP contribution in [0.2, 0.25) is 0 Å². The van der Waals surface area contributed by atoms with Gasteiger partial charge in [0.15, 0.2) is 11.6 Å². The Labute approximate surface area is 88.4 Å². The number of methoxy groups -OCH3 is 1. The van der Waals surface area contributed by atoms with Crippen molar-refractivity contribution < 1.29 is 13.5 Å². The van der Waals surface area contributed by atoms with E-state index in [2.05, 4.69) is 20.9 Å². The fourth-order valence-electron chi connectivity index (χ4n) is 1.11. The molecule has 0 aliphatic carbocycles. The maximum atomic E-state index is 12.5. The van der Waals surface area contributed by atoms with Gasteiger partial charge in [0.2, 0.25) is 0 Å². The quantitative estimate of drug-likeness (QED) is 0.856. The molecule has 2 N–H and O–H groups in total. The van der Waals surface area contributed by atoms with E-state index >= 15 is 0 Å². The van der Waals surface area contributed by atoms with Crippen molar-refractivity contribution in [2.24, 2.45) is 0 Å². The Kier molecular flexibility index (Phi) is 3.62. The predicted molar refractivity (Wildman–Crippen MR) is 52.8 cm³/mol. The van der Waals surface area contributed by atoms with Crippen LogP contribution in [-0.4, -0.2) is 12.1 Å². The Morgan fingerprint density at radius 2 is 2.29 bits per heavy atom. The second kappa shape index (κ2) is 4.54. The number of ether oxygens (including phenoxy) is 1. The summed E-state index contributed by atoms with van der Waals surface area (Å²) in [5.74, 6) is 0.325. The molecule has 1 aromatic rings. The first-order valence-corrected chi connectivity index (χ1v) is 4.89. The molecule has 0 aliphatic heterocycles. The molecular formula is C8H9BrF2N2O. The van der Waals surface area contributed by atoms with E-state index in [1.54, 1.807) is 0 Å². The SMILES string of the molecule is COc1c(N)ncc(C(F)F)c1CBr. The Morgan fingerprint density at radius 3 is 2.71 bits per heavy atom. The monoisotopic (exact) mass is 266 g/mol. The maximum absolute atomic E-state index is 12.5. The number of nitrogens with two attached hydrogens (primary N) is 1. The zero-order valence-electron chi connectivity index (χ0n) is 7.43. The number of aromatic nitrogens is 1. The van der Waals surface area contributed by atoms with Gasteiger partial charge in [0.1, 0.15) is 0 Å². The summed E-state index contributed by atoms with van der Waals surface area (Å²) < 4.78 is 29.9. The minimum Gasteiger partial charge on any atom is -0.493 e. The minimum atomic E-state index is -2.58. The first-order chi connectivity index (χ1) is 6.61. The van der Waals surface area contributed by atoms with Crippen LogP contribution in [0.15, 0.2) is 6.20 Å². The highest BCUT2D eigenvalue weighted by Gasteiger charge is 2.18. The average molecular weight is 267 g/mol. The van der Waals surface area contributed by atoms with Crippen molar-refractivity contribution in [3.05, 3.63) is 17.3 Å². The molecule has 0 saturated heterocycles. The van der Waals surface area contributed by atoms with E-state index in [0.717, 1.165) is 6.20 Å². The molecule has 3 nitrogen and oxygen atoms in total. The van der Waals surface area contributed by atoms with Gasteiger partial charge in [-0.2, -0.15) is 0 Å². The first kappa shape index (κ1) is 11.2. The van der Waals surface area contributed by atoms with E-state index in [9.17, 15) is 8.78 Å². The molecule has 0 radical (unpaired) electrons. The van der Waals surface area contributed by atoms with Crippen LogP contribution in [0.3, 0.4) is 0 Å². The van der Waals surface area contributed by atoms with Gasteiger partial charge in [-0.15, -0.1) is 0 Å².